The molecule has 8 nitrogen and oxygen atoms in total. The number of nitrogens with one attached hydrogen (secondary N) is 1. The molecule has 1 amide bonds. The predicted octanol–water partition coefficient (Wildman–Crippen LogP) is 1.77. The molecule has 0 radical (unpaired) electrons. The maximum atomic E-state index is 13.0. The first-order valence-electron chi connectivity index (χ1n) is 10.1. The molecule has 0 bridgehead atoms. The molecule has 2 heterocycles. The Hall–Kier alpha value is -2.71. The van der Waals surface area contributed by atoms with Crippen molar-refractivity contribution < 1.29 is 19.0 Å². The van der Waals surface area contributed by atoms with Crippen LogP contribution in [0.4, 0.5) is 0 Å². The van der Waals surface area contributed by atoms with Crippen molar-refractivity contribution >= 4 is 5.91 Å². The van der Waals surface area contributed by atoms with E-state index in [0.717, 1.165) is 26.2 Å². The Kier molecular flexibility index (Phi) is 7.23. The third-order valence-electron chi connectivity index (χ3n) is 5.69. The molecule has 0 spiro atoms. The van der Waals surface area contributed by atoms with Crippen LogP contribution < -0.4 is 19.5 Å². The molecular formula is C22H32N4O4. The number of carbonyl (C=O) groups is 1. The van der Waals surface area contributed by atoms with Gasteiger partial charge in [0.25, 0.3) is 5.91 Å². The van der Waals surface area contributed by atoms with E-state index in [1.54, 1.807) is 19.2 Å². The summed E-state index contributed by atoms with van der Waals surface area (Å²) in [5, 5.41) is 3.10. The zero-order valence-corrected chi connectivity index (χ0v) is 18.5. The van der Waals surface area contributed by atoms with Gasteiger partial charge in [-0.1, -0.05) is 0 Å². The molecule has 1 aromatic carbocycles. The Morgan fingerprint density at radius 2 is 1.67 bits per heavy atom. The summed E-state index contributed by atoms with van der Waals surface area (Å²) < 4.78 is 18.2. The highest BCUT2D eigenvalue weighted by Gasteiger charge is 2.26. The number of nitrogens with zero attached hydrogens (tertiary/aromatic N) is 3. The minimum atomic E-state index is -0.178. The molecule has 1 unspecified atom stereocenters. The van der Waals surface area contributed by atoms with Crippen molar-refractivity contribution in [3.8, 4) is 17.2 Å². The molecule has 164 valence electrons. The average Bonchev–Trinajstić information content (AvgIpc) is 3.19. The summed E-state index contributed by atoms with van der Waals surface area (Å²) in [6, 6.07) is 7.60. The lowest BCUT2D eigenvalue weighted by molar-refractivity contribution is 0.0876. The molecule has 1 N–H and O–H groups in total. The molecule has 1 atom stereocenters. The molecule has 1 aliphatic heterocycles. The number of methoxy groups -OCH3 is 3. The maximum absolute atomic E-state index is 13.0. The Morgan fingerprint density at radius 3 is 2.17 bits per heavy atom. The fourth-order valence-corrected chi connectivity index (χ4v) is 3.88. The number of hydrogen-bond donors (Lipinski definition) is 1. The molecule has 0 aliphatic carbocycles. The number of carbonyl (C=O) groups excluding carboxylic acids is 1. The van der Waals surface area contributed by atoms with Crippen LogP contribution in [-0.2, 0) is 7.05 Å². The first kappa shape index (κ1) is 22.0. The maximum Gasteiger partial charge on any atom is 0.251 e. The highest BCUT2D eigenvalue weighted by Crippen LogP contribution is 2.38. The number of likely N-dealkylation sites (N-methyl/N-ethyl adjacent to an activating group) is 1. The van der Waals surface area contributed by atoms with Gasteiger partial charge in [0.1, 0.15) is 0 Å². The van der Waals surface area contributed by atoms with Gasteiger partial charge in [0, 0.05) is 57.2 Å². The number of benzene rings is 1. The van der Waals surface area contributed by atoms with Gasteiger partial charge in [-0.15, -0.1) is 0 Å². The van der Waals surface area contributed by atoms with Crippen molar-refractivity contribution in [1.82, 2.24) is 19.7 Å². The number of rotatable bonds is 8. The van der Waals surface area contributed by atoms with Crippen LogP contribution in [0.3, 0.4) is 0 Å². The van der Waals surface area contributed by atoms with Crippen LogP contribution in [0.2, 0.25) is 0 Å². The van der Waals surface area contributed by atoms with Crippen LogP contribution in [0.25, 0.3) is 0 Å². The van der Waals surface area contributed by atoms with E-state index in [2.05, 4.69) is 32.8 Å². The van der Waals surface area contributed by atoms with E-state index in [1.165, 1.54) is 19.9 Å². The lowest BCUT2D eigenvalue weighted by Crippen LogP contribution is -2.48. The Bertz CT molecular complexity index is 834. The molecule has 8 heteroatoms. The van der Waals surface area contributed by atoms with Gasteiger partial charge < -0.3 is 29.0 Å². The zero-order valence-electron chi connectivity index (χ0n) is 18.5. The number of aromatic nitrogens is 1. The summed E-state index contributed by atoms with van der Waals surface area (Å²) in [6.45, 7) is 4.47. The first-order chi connectivity index (χ1) is 14.5. The van der Waals surface area contributed by atoms with Crippen LogP contribution in [0.5, 0.6) is 17.2 Å². The number of piperazine rings is 1. The fourth-order valence-electron chi connectivity index (χ4n) is 3.88. The van der Waals surface area contributed by atoms with Gasteiger partial charge in [-0.05, 0) is 31.3 Å². The van der Waals surface area contributed by atoms with E-state index >= 15 is 0 Å². The van der Waals surface area contributed by atoms with Crippen molar-refractivity contribution in [2.45, 2.75) is 6.04 Å². The summed E-state index contributed by atoms with van der Waals surface area (Å²) >= 11 is 0. The molecule has 2 aromatic rings. The lowest BCUT2D eigenvalue weighted by atomic mass is 10.1. The molecule has 1 fully saturated rings. The van der Waals surface area contributed by atoms with E-state index in [4.69, 9.17) is 14.2 Å². The van der Waals surface area contributed by atoms with Crippen LogP contribution in [0.1, 0.15) is 22.1 Å². The molecule has 30 heavy (non-hydrogen) atoms. The van der Waals surface area contributed by atoms with Gasteiger partial charge in [0.2, 0.25) is 5.75 Å². The normalized spacial score (nSPS) is 16.2. The van der Waals surface area contributed by atoms with E-state index in [0.29, 0.717) is 29.4 Å². The molecule has 0 saturated carbocycles. The summed E-state index contributed by atoms with van der Waals surface area (Å²) in [7, 11) is 8.80. The smallest absolute Gasteiger partial charge is 0.251 e. The first-order valence-corrected chi connectivity index (χ1v) is 10.1. The van der Waals surface area contributed by atoms with Crippen molar-refractivity contribution in [1.29, 1.82) is 0 Å². The molecular weight excluding hydrogens is 384 g/mol. The quantitative estimate of drug-likeness (QED) is 0.708. The molecule has 1 saturated heterocycles. The Labute approximate surface area is 178 Å². The predicted molar refractivity (Wildman–Crippen MR) is 116 cm³/mol. The topological polar surface area (TPSA) is 68.2 Å². The van der Waals surface area contributed by atoms with Gasteiger partial charge in [-0.3, -0.25) is 9.69 Å². The second kappa shape index (κ2) is 9.86. The number of aryl methyl sites for hydroxylation is 1. The zero-order chi connectivity index (χ0) is 21.7. The fraction of sp³-hybridized carbons (Fsp3) is 0.500. The van der Waals surface area contributed by atoms with E-state index < -0.39 is 0 Å². The largest absolute Gasteiger partial charge is 0.493 e. The van der Waals surface area contributed by atoms with Crippen LogP contribution in [-0.4, -0.2) is 81.4 Å². The van der Waals surface area contributed by atoms with Gasteiger partial charge in [-0.2, -0.15) is 0 Å². The minimum absolute atomic E-state index is 0.102. The summed E-state index contributed by atoms with van der Waals surface area (Å²) in [5.41, 5.74) is 1.65. The highest BCUT2D eigenvalue weighted by molar-refractivity contribution is 5.95. The van der Waals surface area contributed by atoms with Crippen LogP contribution >= 0.6 is 0 Å². The molecule has 3 rings (SSSR count). The van der Waals surface area contributed by atoms with E-state index in [-0.39, 0.29) is 11.9 Å². The van der Waals surface area contributed by atoms with Crippen molar-refractivity contribution in [3.63, 3.8) is 0 Å². The number of hydrogen-bond acceptors (Lipinski definition) is 6. The van der Waals surface area contributed by atoms with Crippen LogP contribution in [0.15, 0.2) is 30.5 Å². The Balaban J connectivity index is 1.78. The summed E-state index contributed by atoms with van der Waals surface area (Å²) in [4.78, 5) is 17.7. The number of amides is 1. The van der Waals surface area contributed by atoms with Crippen molar-refractivity contribution in [2.24, 2.45) is 7.05 Å². The lowest BCUT2D eigenvalue weighted by Gasteiger charge is -2.38. The van der Waals surface area contributed by atoms with Gasteiger partial charge in [0.05, 0.1) is 27.4 Å². The minimum Gasteiger partial charge on any atom is -0.493 e. The second-order valence-electron chi connectivity index (χ2n) is 7.52. The van der Waals surface area contributed by atoms with Gasteiger partial charge in [0.15, 0.2) is 11.5 Å². The van der Waals surface area contributed by atoms with E-state index in [1.807, 2.05) is 19.3 Å². The summed E-state index contributed by atoms with van der Waals surface area (Å²) in [6.07, 6.45) is 2.04. The van der Waals surface area contributed by atoms with Crippen molar-refractivity contribution in [2.75, 3.05) is 61.1 Å². The second-order valence-corrected chi connectivity index (χ2v) is 7.52. The molecule has 1 aromatic heterocycles. The van der Waals surface area contributed by atoms with Crippen LogP contribution in [0, 0.1) is 0 Å². The highest BCUT2D eigenvalue weighted by atomic mass is 16.5. The monoisotopic (exact) mass is 416 g/mol. The van der Waals surface area contributed by atoms with Crippen molar-refractivity contribution in [3.05, 3.63) is 41.7 Å². The molecule has 1 aliphatic rings. The van der Waals surface area contributed by atoms with Gasteiger partial charge in [-0.25, -0.2) is 0 Å². The number of ether oxygens (including phenoxy) is 3. The Morgan fingerprint density at radius 1 is 1.03 bits per heavy atom. The van der Waals surface area contributed by atoms with Gasteiger partial charge >= 0.3 is 0 Å². The SMILES string of the molecule is COc1cc(C(=O)NCC(c2cccn2C)N2CCN(C)CC2)cc(OC)c1OC. The van der Waals surface area contributed by atoms with E-state index in [9.17, 15) is 4.79 Å². The average molecular weight is 417 g/mol. The third kappa shape index (κ3) is 4.71. The standard InChI is InChI=1S/C22H32N4O4/c1-24-9-11-26(12-10-24)18(17-7-6-8-25(17)2)15-23-22(27)16-13-19(28-3)21(30-5)20(14-16)29-4/h6-8,13-14,18H,9-12,15H2,1-5H3,(H,23,27). The summed E-state index contributed by atoms with van der Waals surface area (Å²) in [5.74, 6) is 1.21. The third-order valence-corrected chi connectivity index (χ3v) is 5.69.